The second-order valence-corrected chi connectivity index (χ2v) is 9.18. The molecule has 2 aromatic carbocycles. The molecule has 0 radical (unpaired) electrons. The van der Waals surface area contributed by atoms with Crippen LogP contribution in [0.4, 0.5) is 0 Å². The van der Waals surface area contributed by atoms with E-state index in [1.807, 2.05) is 54.7 Å². The summed E-state index contributed by atoms with van der Waals surface area (Å²) in [7, 11) is 1.78. The molecule has 0 bridgehead atoms. The summed E-state index contributed by atoms with van der Waals surface area (Å²) >= 11 is 6.75. The predicted molar refractivity (Wildman–Crippen MR) is 148 cm³/mol. The van der Waals surface area contributed by atoms with E-state index in [1.165, 1.54) is 0 Å². The number of rotatable bonds is 7. The molecule has 0 aliphatic rings. The van der Waals surface area contributed by atoms with Crippen molar-refractivity contribution in [3.63, 3.8) is 0 Å². The van der Waals surface area contributed by atoms with Gasteiger partial charge in [0.05, 0.1) is 30.8 Å². The van der Waals surface area contributed by atoms with Crippen molar-refractivity contribution in [1.29, 1.82) is 0 Å². The SMILES string of the molecule is CCOC(=O)c1nc(-c2ccc(Br)cc2)cn1C.CCOC(=O)c1ncc(-c2ccc(Br)cc2)[nH]1.O=CO[O-].[H-].[K+].[K+]. The van der Waals surface area contributed by atoms with Crippen LogP contribution in [0.15, 0.2) is 69.9 Å². The van der Waals surface area contributed by atoms with Crippen molar-refractivity contribution < 1.29 is 138 Å². The van der Waals surface area contributed by atoms with E-state index in [2.05, 4.69) is 51.7 Å². The van der Waals surface area contributed by atoms with Gasteiger partial charge < -0.3 is 30.6 Å². The second kappa shape index (κ2) is 22.0. The van der Waals surface area contributed by atoms with Crippen molar-refractivity contribution in [2.75, 3.05) is 13.2 Å². The molecule has 11 nitrogen and oxygen atoms in total. The zero-order valence-electron chi connectivity index (χ0n) is 24.2. The van der Waals surface area contributed by atoms with Crippen LogP contribution in [0.1, 0.15) is 36.5 Å². The zero-order chi connectivity index (χ0) is 28.8. The number of nitrogens with one attached hydrogen (secondary N) is 1. The topological polar surface area (TPSA) is 148 Å². The van der Waals surface area contributed by atoms with E-state index >= 15 is 0 Å². The van der Waals surface area contributed by atoms with Crippen molar-refractivity contribution in [2.45, 2.75) is 13.8 Å². The summed E-state index contributed by atoms with van der Waals surface area (Å²) in [6, 6.07) is 15.5. The zero-order valence-corrected chi connectivity index (χ0v) is 32.6. The number of halogens is 2. The van der Waals surface area contributed by atoms with Crippen molar-refractivity contribution >= 4 is 50.3 Å². The maximum absolute atomic E-state index is 11.7. The number of imidazole rings is 2. The Morgan fingerprint density at radius 1 is 0.951 bits per heavy atom. The smallest absolute Gasteiger partial charge is 1.00 e. The van der Waals surface area contributed by atoms with Gasteiger partial charge in [-0.15, -0.1) is 0 Å². The Labute approximate surface area is 340 Å². The minimum Gasteiger partial charge on any atom is -1.00 e. The fourth-order valence-corrected chi connectivity index (χ4v) is 3.54. The molecule has 208 valence electrons. The Balaban J connectivity index is 0. The predicted octanol–water partition coefficient (Wildman–Crippen LogP) is -1.40. The first-order chi connectivity index (χ1) is 18.7. The fraction of sp³-hybridized carbons (Fsp3) is 0.192. The van der Waals surface area contributed by atoms with E-state index in [9.17, 15) is 9.59 Å². The van der Waals surface area contributed by atoms with Gasteiger partial charge in [0.1, 0.15) is 0 Å². The number of hydrogen-bond donors (Lipinski definition) is 1. The Bertz CT molecular complexity index is 1370. The molecule has 15 heteroatoms. The summed E-state index contributed by atoms with van der Waals surface area (Å²) in [5.41, 5.74) is 3.48. The number of ether oxygens (including phenoxy) is 2. The number of carbonyl (C=O) groups excluding carboxylic acids is 3. The van der Waals surface area contributed by atoms with Crippen LogP contribution >= 0.6 is 31.9 Å². The van der Waals surface area contributed by atoms with Gasteiger partial charge in [-0.2, -0.15) is 0 Å². The summed E-state index contributed by atoms with van der Waals surface area (Å²) in [5, 5.41) is 8.43. The molecule has 0 aliphatic carbocycles. The number of benzene rings is 2. The van der Waals surface area contributed by atoms with Crippen molar-refractivity contribution in [3.8, 4) is 22.5 Å². The van der Waals surface area contributed by atoms with Gasteiger partial charge >= 0.3 is 115 Å². The third-order valence-corrected chi connectivity index (χ3v) is 5.77. The average molecular weight is 745 g/mol. The molecule has 41 heavy (non-hydrogen) atoms. The molecule has 0 saturated carbocycles. The van der Waals surface area contributed by atoms with Crippen LogP contribution in [0.3, 0.4) is 0 Å². The molecule has 2 heterocycles. The van der Waals surface area contributed by atoms with Gasteiger partial charge in [-0.3, -0.25) is 4.79 Å². The Kier molecular flexibility index (Phi) is 21.8. The van der Waals surface area contributed by atoms with Gasteiger partial charge in [0, 0.05) is 27.8 Å². The number of aromatic amines is 1. The molecule has 0 unspecified atom stereocenters. The second-order valence-electron chi connectivity index (χ2n) is 7.35. The van der Waals surface area contributed by atoms with Crippen LogP contribution in [0.5, 0.6) is 0 Å². The van der Waals surface area contributed by atoms with Gasteiger partial charge in [0.25, 0.3) is 6.47 Å². The molecular formula is C26H26Br2K2N4O7. The number of aryl methyl sites for hydroxylation is 1. The largest absolute Gasteiger partial charge is 1.00 e. The molecule has 2 aromatic heterocycles. The summed E-state index contributed by atoms with van der Waals surface area (Å²) in [4.78, 5) is 45.5. The van der Waals surface area contributed by atoms with Crippen molar-refractivity contribution in [1.82, 2.24) is 19.5 Å². The first kappa shape index (κ1) is 40.5. The monoisotopic (exact) mass is 742 g/mol. The third-order valence-electron chi connectivity index (χ3n) is 4.71. The van der Waals surface area contributed by atoms with Gasteiger partial charge in [0.15, 0.2) is 0 Å². The third kappa shape index (κ3) is 13.8. The summed E-state index contributed by atoms with van der Waals surface area (Å²) < 4.78 is 13.5. The maximum atomic E-state index is 11.7. The minimum absolute atomic E-state index is 0. The molecule has 4 aromatic rings. The standard InChI is InChI=1S/C13H13BrN2O2.C12H11BrN2O2.CH2O3.2K.H/c1-3-18-13(17)12-15-11(8-16(12)2)9-4-6-10(14)7-5-9;1-2-17-12(16)11-14-7-10(15-11)8-3-5-9(13)6-4-8;2-1-4-3;;;/h4-8H,3H2,1-2H3;3-7H,2H2,1H3,(H,14,15);1,3H;;;/q;;;2*+1;-1/p-1. The van der Waals surface area contributed by atoms with Crippen LogP contribution in [-0.4, -0.2) is 51.1 Å². The summed E-state index contributed by atoms with van der Waals surface area (Å²) in [6.07, 6.45) is 3.44. The molecule has 0 saturated heterocycles. The van der Waals surface area contributed by atoms with Crippen LogP contribution < -0.4 is 108 Å². The quantitative estimate of drug-likeness (QED) is 0.0794. The molecular weight excluding hydrogens is 718 g/mol. The number of H-pyrrole nitrogens is 1. The number of nitrogens with zero attached hydrogens (tertiary/aromatic N) is 3. The normalized spacial score (nSPS) is 9.32. The number of hydrogen-bond acceptors (Lipinski definition) is 9. The van der Waals surface area contributed by atoms with E-state index in [0.717, 1.165) is 31.5 Å². The minimum atomic E-state index is -0.434. The number of aromatic nitrogens is 4. The van der Waals surface area contributed by atoms with E-state index in [-0.39, 0.29) is 116 Å². The number of carbonyl (C=O) groups is 3. The molecule has 0 spiro atoms. The van der Waals surface area contributed by atoms with Crippen molar-refractivity contribution in [3.05, 3.63) is 81.5 Å². The molecule has 0 aliphatic heterocycles. The Morgan fingerprint density at radius 3 is 1.93 bits per heavy atom. The van der Waals surface area contributed by atoms with Crippen LogP contribution in [0.25, 0.3) is 22.5 Å². The van der Waals surface area contributed by atoms with Crippen LogP contribution in [0.2, 0.25) is 0 Å². The maximum Gasteiger partial charge on any atom is 1.00 e. The van der Waals surface area contributed by atoms with Gasteiger partial charge in [0.2, 0.25) is 11.6 Å². The number of esters is 2. The fourth-order valence-electron chi connectivity index (χ4n) is 3.01. The van der Waals surface area contributed by atoms with Gasteiger partial charge in [-0.25, -0.2) is 19.6 Å². The Morgan fingerprint density at radius 2 is 1.44 bits per heavy atom. The molecule has 0 amide bonds. The summed E-state index contributed by atoms with van der Waals surface area (Å²) in [5.74, 6) is -0.293. The van der Waals surface area contributed by atoms with E-state index in [0.29, 0.717) is 19.0 Å². The molecule has 0 atom stereocenters. The molecule has 0 fully saturated rings. The first-order valence-electron chi connectivity index (χ1n) is 11.4. The van der Waals surface area contributed by atoms with Crippen molar-refractivity contribution in [2.24, 2.45) is 7.05 Å². The van der Waals surface area contributed by atoms with E-state index in [4.69, 9.17) is 19.5 Å². The molecule has 4 rings (SSSR count). The van der Waals surface area contributed by atoms with Gasteiger partial charge in [-0.05, 0) is 43.7 Å². The Hall–Kier alpha value is -0.537. The molecule has 1 N–H and O–H groups in total. The van der Waals surface area contributed by atoms with E-state index in [1.54, 1.807) is 31.7 Å². The van der Waals surface area contributed by atoms with E-state index < -0.39 is 11.9 Å². The average Bonchev–Trinajstić information content (AvgIpc) is 3.58. The first-order valence-corrected chi connectivity index (χ1v) is 13.0. The summed E-state index contributed by atoms with van der Waals surface area (Å²) in [6.45, 7) is 4.04. The van der Waals surface area contributed by atoms with Crippen LogP contribution in [0, 0.1) is 0 Å². The van der Waals surface area contributed by atoms with Crippen LogP contribution in [-0.2, 0) is 26.2 Å². The van der Waals surface area contributed by atoms with Gasteiger partial charge in [-0.1, -0.05) is 56.1 Å².